The summed E-state index contributed by atoms with van der Waals surface area (Å²) >= 11 is 1.62. The van der Waals surface area contributed by atoms with E-state index in [1.165, 1.54) is 32.6 Å². The topological polar surface area (TPSA) is 54.3 Å². The lowest BCUT2D eigenvalue weighted by Gasteiger charge is -2.14. The van der Waals surface area contributed by atoms with Crippen LogP contribution in [0.25, 0.3) is 22.2 Å². The number of thiophene rings is 1. The van der Waals surface area contributed by atoms with E-state index in [2.05, 4.69) is 47.3 Å². The molecule has 4 rings (SSSR count). The number of rotatable bonds is 3. The molecule has 1 unspecified atom stereocenters. The Labute approximate surface area is 138 Å². The van der Waals surface area contributed by atoms with Gasteiger partial charge in [-0.05, 0) is 37.6 Å². The summed E-state index contributed by atoms with van der Waals surface area (Å²) in [6.07, 6.45) is 2.00. The summed E-state index contributed by atoms with van der Waals surface area (Å²) in [6.45, 7) is 0. The lowest BCUT2D eigenvalue weighted by molar-refractivity contribution is -0.139. The molecule has 118 valence electrons. The monoisotopic (exact) mass is 326 g/mol. The number of likely N-dealkylation sites (N-methyl/N-ethyl adjacent to an activating group) is 1. The quantitative estimate of drug-likeness (QED) is 0.776. The number of aliphatic carboxylic acids is 1. The SMILES string of the molecule is CNC(C(=O)O)c1cc2c(s1)CCc1c-2n(C)c2ccccc12. The molecule has 2 N–H and O–H groups in total. The molecule has 0 aliphatic heterocycles. The summed E-state index contributed by atoms with van der Waals surface area (Å²) in [4.78, 5) is 13.6. The van der Waals surface area contributed by atoms with Crippen molar-refractivity contribution in [3.8, 4) is 11.3 Å². The van der Waals surface area contributed by atoms with Crippen LogP contribution in [0.15, 0.2) is 30.3 Å². The Balaban J connectivity index is 1.93. The maximum Gasteiger partial charge on any atom is 0.326 e. The van der Waals surface area contributed by atoms with Crippen molar-refractivity contribution < 1.29 is 9.90 Å². The Morgan fingerprint density at radius 3 is 2.87 bits per heavy atom. The van der Waals surface area contributed by atoms with Crippen LogP contribution in [-0.2, 0) is 24.7 Å². The van der Waals surface area contributed by atoms with Crippen molar-refractivity contribution in [3.05, 3.63) is 45.6 Å². The highest BCUT2D eigenvalue weighted by atomic mass is 32.1. The number of para-hydroxylation sites is 1. The van der Waals surface area contributed by atoms with Gasteiger partial charge >= 0.3 is 5.97 Å². The van der Waals surface area contributed by atoms with Crippen molar-refractivity contribution in [1.29, 1.82) is 0 Å². The maximum atomic E-state index is 11.4. The first-order valence-electron chi connectivity index (χ1n) is 7.71. The van der Waals surface area contributed by atoms with Gasteiger partial charge in [-0.1, -0.05) is 18.2 Å². The molecule has 0 bridgehead atoms. The van der Waals surface area contributed by atoms with Crippen LogP contribution < -0.4 is 5.32 Å². The zero-order valence-corrected chi connectivity index (χ0v) is 13.9. The fourth-order valence-electron chi connectivity index (χ4n) is 3.67. The largest absolute Gasteiger partial charge is 0.480 e. The highest BCUT2D eigenvalue weighted by Crippen LogP contribution is 2.44. The summed E-state index contributed by atoms with van der Waals surface area (Å²) in [5.41, 5.74) is 5.07. The van der Waals surface area contributed by atoms with Gasteiger partial charge in [0.1, 0.15) is 6.04 Å². The molecule has 0 radical (unpaired) electrons. The lowest BCUT2D eigenvalue weighted by atomic mass is 9.94. The zero-order chi connectivity index (χ0) is 16.1. The Bertz CT molecular complexity index is 923. The number of nitrogens with one attached hydrogen (secondary N) is 1. The second-order valence-electron chi connectivity index (χ2n) is 5.95. The highest BCUT2D eigenvalue weighted by molar-refractivity contribution is 7.12. The molecule has 0 saturated carbocycles. The van der Waals surface area contributed by atoms with Gasteiger partial charge < -0.3 is 15.0 Å². The standard InChI is InChI=1S/C18H18N2O2S/c1-19-16(18(21)22)15-9-12-14(23-15)8-7-11-10-5-3-4-6-13(10)20(2)17(11)12/h3-6,9,16,19H,7-8H2,1-2H3,(H,21,22). The second kappa shape index (κ2) is 5.22. The molecule has 1 aliphatic carbocycles. The van der Waals surface area contributed by atoms with Gasteiger partial charge in [0.2, 0.25) is 0 Å². The smallest absolute Gasteiger partial charge is 0.326 e. The van der Waals surface area contributed by atoms with Crippen LogP contribution in [0.1, 0.15) is 21.4 Å². The predicted molar refractivity (Wildman–Crippen MR) is 93.1 cm³/mol. The number of fused-ring (bicyclic) bond motifs is 5. The molecular weight excluding hydrogens is 308 g/mol. The number of carbonyl (C=O) groups is 1. The summed E-state index contributed by atoms with van der Waals surface area (Å²) in [7, 11) is 3.79. The number of nitrogens with zero attached hydrogens (tertiary/aromatic N) is 1. The number of carboxylic acid groups (broad SMARTS) is 1. The van der Waals surface area contributed by atoms with Crippen LogP contribution in [-0.4, -0.2) is 22.7 Å². The summed E-state index contributed by atoms with van der Waals surface area (Å²) in [6, 6.07) is 9.90. The van der Waals surface area contributed by atoms with Crippen LogP contribution in [0.2, 0.25) is 0 Å². The molecule has 3 aromatic rings. The van der Waals surface area contributed by atoms with Crippen LogP contribution in [0.4, 0.5) is 0 Å². The first-order chi connectivity index (χ1) is 11.1. The van der Waals surface area contributed by atoms with Crippen molar-refractivity contribution in [1.82, 2.24) is 9.88 Å². The highest BCUT2D eigenvalue weighted by Gasteiger charge is 2.28. The van der Waals surface area contributed by atoms with Crippen LogP contribution in [0.5, 0.6) is 0 Å². The fourth-order valence-corrected chi connectivity index (χ4v) is 4.94. The van der Waals surface area contributed by atoms with E-state index in [9.17, 15) is 9.90 Å². The lowest BCUT2D eigenvalue weighted by Crippen LogP contribution is -2.23. The van der Waals surface area contributed by atoms with Crippen molar-refractivity contribution in [2.45, 2.75) is 18.9 Å². The molecule has 1 atom stereocenters. The van der Waals surface area contributed by atoms with Crippen molar-refractivity contribution >= 4 is 28.2 Å². The molecular formula is C18H18N2O2S. The van der Waals surface area contributed by atoms with Gasteiger partial charge in [0.15, 0.2) is 0 Å². The Kier molecular flexibility index (Phi) is 3.28. The van der Waals surface area contributed by atoms with Gasteiger partial charge in [0, 0.05) is 33.3 Å². The normalized spacial score (nSPS) is 14.5. The van der Waals surface area contributed by atoms with Crippen LogP contribution >= 0.6 is 11.3 Å². The Hall–Kier alpha value is -2.11. The van der Waals surface area contributed by atoms with E-state index in [0.29, 0.717) is 0 Å². The second-order valence-corrected chi connectivity index (χ2v) is 7.12. The van der Waals surface area contributed by atoms with Gasteiger partial charge in [0.25, 0.3) is 0 Å². The van der Waals surface area contributed by atoms with E-state index >= 15 is 0 Å². The molecule has 4 nitrogen and oxygen atoms in total. The summed E-state index contributed by atoms with van der Waals surface area (Å²) in [5.74, 6) is -0.830. The van der Waals surface area contributed by atoms with Crippen LogP contribution in [0, 0.1) is 0 Å². The molecule has 5 heteroatoms. The zero-order valence-electron chi connectivity index (χ0n) is 13.1. The number of hydrogen-bond donors (Lipinski definition) is 2. The van der Waals surface area contributed by atoms with E-state index in [0.717, 1.165) is 17.7 Å². The molecule has 23 heavy (non-hydrogen) atoms. The molecule has 1 aliphatic rings. The van der Waals surface area contributed by atoms with Gasteiger partial charge in [-0.15, -0.1) is 11.3 Å². The number of benzene rings is 1. The summed E-state index contributed by atoms with van der Waals surface area (Å²) in [5, 5.41) is 13.6. The average molecular weight is 326 g/mol. The van der Waals surface area contributed by atoms with E-state index < -0.39 is 12.0 Å². The van der Waals surface area contributed by atoms with E-state index in [4.69, 9.17) is 0 Å². The number of aromatic nitrogens is 1. The first kappa shape index (κ1) is 14.5. The fraction of sp³-hybridized carbons (Fsp3) is 0.278. The Morgan fingerprint density at radius 1 is 1.35 bits per heavy atom. The third kappa shape index (κ3) is 2.04. The molecule has 2 heterocycles. The predicted octanol–water partition coefficient (Wildman–Crippen LogP) is 3.35. The van der Waals surface area contributed by atoms with E-state index in [1.807, 2.05) is 0 Å². The number of aryl methyl sites for hydroxylation is 3. The van der Waals surface area contributed by atoms with Gasteiger partial charge in [0.05, 0.1) is 5.69 Å². The van der Waals surface area contributed by atoms with Crippen molar-refractivity contribution in [2.24, 2.45) is 7.05 Å². The number of hydrogen-bond acceptors (Lipinski definition) is 3. The average Bonchev–Trinajstić information content (AvgIpc) is 3.08. The van der Waals surface area contributed by atoms with Crippen molar-refractivity contribution in [3.63, 3.8) is 0 Å². The van der Waals surface area contributed by atoms with Gasteiger partial charge in [-0.3, -0.25) is 4.79 Å². The first-order valence-corrected chi connectivity index (χ1v) is 8.52. The number of carboxylic acids is 1. The maximum absolute atomic E-state index is 11.4. The third-order valence-electron chi connectivity index (χ3n) is 4.72. The van der Waals surface area contributed by atoms with Gasteiger partial charge in [-0.25, -0.2) is 0 Å². The molecule has 0 amide bonds. The molecule has 0 saturated heterocycles. The molecule has 1 aromatic carbocycles. The third-order valence-corrected chi connectivity index (χ3v) is 5.98. The minimum Gasteiger partial charge on any atom is -0.480 e. The van der Waals surface area contributed by atoms with E-state index in [-0.39, 0.29) is 0 Å². The summed E-state index contributed by atoms with van der Waals surface area (Å²) < 4.78 is 2.24. The van der Waals surface area contributed by atoms with Gasteiger partial charge in [-0.2, -0.15) is 0 Å². The molecule has 0 fully saturated rings. The van der Waals surface area contributed by atoms with E-state index in [1.54, 1.807) is 18.4 Å². The molecule has 0 spiro atoms. The minimum atomic E-state index is -0.830. The van der Waals surface area contributed by atoms with Crippen molar-refractivity contribution in [2.75, 3.05) is 7.05 Å². The Morgan fingerprint density at radius 2 is 2.13 bits per heavy atom. The minimum absolute atomic E-state index is 0.635. The molecule has 2 aromatic heterocycles. The van der Waals surface area contributed by atoms with Crippen LogP contribution in [0.3, 0.4) is 0 Å².